The zero-order chi connectivity index (χ0) is 19.9. The fraction of sp³-hybridized carbons (Fsp3) is 0.176. The van der Waals surface area contributed by atoms with E-state index < -0.39 is 29.9 Å². The molecule has 0 bridgehead atoms. The summed E-state index contributed by atoms with van der Waals surface area (Å²) in [7, 11) is 0. The van der Waals surface area contributed by atoms with Crippen molar-refractivity contribution in [2.24, 2.45) is 5.92 Å². The Kier molecular flexibility index (Phi) is 4.38. The standard InChI is InChI=1S/C17H13F3N6OS/c1-9-12(14(27)23-10-4-2-6-21-8-10)13(11-5-3-7-28-11)26-16(22-9)24-15(25-26)17(18,19)20/h2-8,12-13H,1H2,(H,23,27)(H,22,24,25)/t12-,13-/m1/s1. The smallest absolute Gasteiger partial charge is 0.328 e. The average Bonchev–Trinajstić information content (AvgIpc) is 3.30. The van der Waals surface area contributed by atoms with Crippen molar-refractivity contribution in [3.05, 3.63) is 65.0 Å². The fourth-order valence-corrected chi connectivity index (χ4v) is 3.83. The van der Waals surface area contributed by atoms with Crippen LogP contribution in [0.15, 0.2) is 54.3 Å². The second-order valence-electron chi connectivity index (χ2n) is 6.02. The first-order chi connectivity index (χ1) is 13.3. The molecular formula is C17H13F3N6OS. The Balaban J connectivity index is 1.76. The third kappa shape index (κ3) is 3.24. The molecule has 28 heavy (non-hydrogen) atoms. The van der Waals surface area contributed by atoms with E-state index in [1.54, 1.807) is 35.8 Å². The van der Waals surface area contributed by atoms with Gasteiger partial charge in [0.05, 0.1) is 11.9 Å². The minimum atomic E-state index is -4.71. The maximum Gasteiger partial charge on any atom is 0.453 e. The molecule has 3 aromatic rings. The van der Waals surface area contributed by atoms with E-state index >= 15 is 0 Å². The predicted octanol–water partition coefficient (Wildman–Crippen LogP) is 3.54. The highest BCUT2D eigenvalue weighted by atomic mass is 32.1. The molecule has 4 rings (SSSR count). The van der Waals surface area contributed by atoms with E-state index in [1.807, 2.05) is 0 Å². The van der Waals surface area contributed by atoms with Crippen molar-refractivity contribution >= 4 is 28.9 Å². The predicted molar refractivity (Wildman–Crippen MR) is 96.6 cm³/mol. The number of aromatic nitrogens is 4. The number of carbonyl (C=O) groups excluding carboxylic acids is 1. The molecule has 1 amide bonds. The molecule has 7 nitrogen and oxygen atoms in total. The summed E-state index contributed by atoms with van der Waals surface area (Å²) in [5.41, 5.74) is 0.694. The Bertz CT molecular complexity index is 1020. The van der Waals surface area contributed by atoms with E-state index in [9.17, 15) is 18.0 Å². The number of fused-ring (bicyclic) bond motifs is 1. The Hall–Kier alpha value is -3.21. The lowest BCUT2D eigenvalue weighted by Gasteiger charge is -2.32. The second-order valence-corrected chi connectivity index (χ2v) is 7.00. The fourth-order valence-electron chi connectivity index (χ4n) is 2.98. The van der Waals surface area contributed by atoms with E-state index in [-0.39, 0.29) is 11.6 Å². The van der Waals surface area contributed by atoms with Gasteiger partial charge in [-0.15, -0.1) is 16.4 Å². The molecule has 2 N–H and O–H groups in total. The second kappa shape index (κ2) is 6.75. The largest absolute Gasteiger partial charge is 0.453 e. The number of thiophene rings is 1. The molecule has 144 valence electrons. The molecule has 0 saturated carbocycles. The Morgan fingerprint density at radius 2 is 2.14 bits per heavy atom. The Morgan fingerprint density at radius 3 is 2.79 bits per heavy atom. The first-order valence-electron chi connectivity index (χ1n) is 8.08. The number of pyridine rings is 1. The first kappa shape index (κ1) is 18.2. The van der Waals surface area contributed by atoms with E-state index in [1.165, 1.54) is 17.5 Å². The van der Waals surface area contributed by atoms with Gasteiger partial charge in [-0.2, -0.15) is 18.2 Å². The van der Waals surface area contributed by atoms with E-state index in [0.29, 0.717) is 10.6 Å². The van der Waals surface area contributed by atoms with Crippen LogP contribution >= 0.6 is 11.3 Å². The molecule has 11 heteroatoms. The summed E-state index contributed by atoms with van der Waals surface area (Å²) in [6.07, 6.45) is -1.67. The van der Waals surface area contributed by atoms with Gasteiger partial charge >= 0.3 is 6.18 Å². The van der Waals surface area contributed by atoms with Crippen LogP contribution in [0.2, 0.25) is 0 Å². The summed E-state index contributed by atoms with van der Waals surface area (Å²) in [4.78, 5) is 21.1. The molecule has 0 saturated heterocycles. The van der Waals surface area contributed by atoms with Crippen molar-refractivity contribution in [1.82, 2.24) is 19.7 Å². The monoisotopic (exact) mass is 406 g/mol. The van der Waals surface area contributed by atoms with Gasteiger partial charge in [-0.05, 0) is 23.6 Å². The number of nitrogens with one attached hydrogen (secondary N) is 2. The molecule has 1 aliphatic heterocycles. The van der Waals surface area contributed by atoms with Crippen LogP contribution in [0.5, 0.6) is 0 Å². The van der Waals surface area contributed by atoms with Crippen molar-refractivity contribution in [2.45, 2.75) is 12.2 Å². The highest BCUT2D eigenvalue weighted by molar-refractivity contribution is 7.10. The average molecular weight is 406 g/mol. The molecule has 0 unspecified atom stereocenters. The zero-order valence-corrected chi connectivity index (χ0v) is 15.0. The van der Waals surface area contributed by atoms with Crippen molar-refractivity contribution in [2.75, 3.05) is 10.6 Å². The van der Waals surface area contributed by atoms with Crippen molar-refractivity contribution in [3.63, 3.8) is 0 Å². The maximum atomic E-state index is 13.1. The van der Waals surface area contributed by atoms with Crippen LogP contribution < -0.4 is 10.6 Å². The zero-order valence-electron chi connectivity index (χ0n) is 14.1. The number of rotatable bonds is 3. The SMILES string of the molecule is C=C1Nc2nc(C(F)(F)F)nn2[C@H](c2cccs2)[C@@H]1C(=O)Nc1cccnc1. The number of nitrogens with zero attached hydrogens (tertiary/aromatic N) is 4. The van der Waals surface area contributed by atoms with Gasteiger partial charge in [0.1, 0.15) is 12.0 Å². The van der Waals surface area contributed by atoms with Gasteiger partial charge in [0.15, 0.2) is 0 Å². The van der Waals surface area contributed by atoms with Gasteiger partial charge < -0.3 is 10.6 Å². The molecule has 0 spiro atoms. The van der Waals surface area contributed by atoms with E-state index in [0.717, 1.165) is 4.68 Å². The first-order valence-corrected chi connectivity index (χ1v) is 8.96. The van der Waals surface area contributed by atoms with Gasteiger partial charge in [-0.25, -0.2) is 4.68 Å². The van der Waals surface area contributed by atoms with Crippen LogP contribution in [0.25, 0.3) is 0 Å². The Labute approximate surface area is 160 Å². The normalized spacial score (nSPS) is 19.0. The third-order valence-electron chi connectivity index (χ3n) is 4.16. The molecule has 4 heterocycles. The van der Waals surface area contributed by atoms with Crippen LogP contribution in [0.3, 0.4) is 0 Å². The molecule has 0 aliphatic carbocycles. The molecule has 0 fully saturated rings. The minimum absolute atomic E-state index is 0.110. The summed E-state index contributed by atoms with van der Waals surface area (Å²) < 4.78 is 40.4. The number of carbonyl (C=O) groups is 1. The van der Waals surface area contributed by atoms with E-state index in [2.05, 4.69) is 32.3 Å². The maximum absolute atomic E-state index is 13.1. The number of halogens is 3. The lowest BCUT2D eigenvalue weighted by atomic mass is 9.92. The Morgan fingerprint density at radius 1 is 1.32 bits per heavy atom. The lowest BCUT2D eigenvalue weighted by Crippen LogP contribution is -2.39. The van der Waals surface area contributed by atoms with Crippen LogP contribution in [0.4, 0.5) is 24.8 Å². The van der Waals surface area contributed by atoms with Crippen LogP contribution in [-0.4, -0.2) is 25.7 Å². The van der Waals surface area contributed by atoms with Gasteiger partial charge in [-0.1, -0.05) is 12.6 Å². The molecule has 0 aromatic carbocycles. The quantitative estimate of drug-likeness (QED) is 0.695. The van der Waals surface area contributed by atoms with Crippen molar-refractivity contribution in [1.29, 1.82) is 0 Å². The van der Waals surface area contributed by atoms with Crippen LogP contribution in [-0.2, 0) is 11.0 Å². The van der Waals surface area contributed by atoms with Crippen LogP contribution in [0, 0.1) is 5.92 Å². The summed E-state index contributed by atoms with van der Waals surface area (Å²) in [5, 5.41) is 10.8. The highest BCUT2D eigenvalue weighted by Crippen LogP contribution is 2.41. The summed E-state index contributed by atoms with van der Waals surface area (Å²) >= 11 is 1.31. The summed E-state index contributed by atoms with van der Waals surface area (Å²) in [6, 6.07) is 5.99. The number of hydrogen-bond acceptors (Lipinski definition) is 6. The molecule has 3 aromatic heterocycles. The van der Waals surface area contributed by atoms with Crippen molar-refractivity contribution < 1.29 is 18.0 Å². The van der Waals surface area contributed by atoms with Crippen molar-refractivity contribution in [3.8, 4) is 0 Å². The van der Waals surface area contributed by atoms with Gasteiger partial charge in [0, 0.05) is 16.8 Å². The third-order valence-corrected chi connectivity index (χ3v) is 5.10. The molecular weight excluding hydrogens is 393 g/mol. The lowest BCUT2D eigenvalue weighted by molar-refractivity contribution is -0.145. The number of anilines is 2. The molecule has 1 aliphatic rings. The summed E-state index contributed by atoms with van der Waals surface area (Å²) in [6.45, 7) is 3.84. The summed E-state index contributed by atoms with van der Waals surface area (Å²) in [5.74, 6) is -2.74. The van der Waals surface area contributed by atoms with Gasteiger partial charge in [0.2, 0.25) is 11.9 Å². The number of hydrogen-bond donors (Lipinski definition) is 2. The highest BCUT2D eigenvalue weighted by Gasteiger charge is 2.44. The van der Waals surface area contributed by atoms with Crippen LogP contribution in [0.1, 0.15) is 16.7 Å². The topological polar surface area (TPSA) is 84.7 Å². The van der Waals surface area contributed by atoms with Gasteiger partial charge in [0.25, 0.3) is 5.82 Å². The number of amides is 1. The minimum Gasteiger partial charge on any atom is -0.328 e. The van der Waals surface area contributed by atoms with Gasteiger partial charge in [-0.3, -0.25) is 9.78 Å². The molecule has 0 radical (unpaired) electrons. The number of alkyl halides is 3. The molecule has 2 atom stereocenters. The van der Waals surface area contributed by atoms with E-state index in [4.69, 9.17) is 0 Å².